The van der Waals surface area contributed by atoms with Gasteiger partial charge in [0.1, 0.15) is 5.56 Å². The Labute approximate surface area is 113 Å². The van der Waals surface area contributed by atoms with E-state index in [-0.39, 0.29) is 5.56 Å². The van der Waals surface area contributed by atoms with Gasteiger partial charge in [-0.05, 0) is 19.8 Å². The van der Waals surface area contributed by atoms with E-state index >= 15 is 0 Å². The highest BCUT2D eigenvalue weighted by molar-refractivity contribution is 5.94. The lowest BCUT2D eigenvalue weighted by molar-refractivity contribution is -0.148. The van der Waals surface area contributed by atoms with Crippen LogP contribution in [0.4, 0.5) is 0 Å². The molecule has 0 aromatic carbocycles. The Morgan fingerprint density at radius 2 is 2.15 bits per heavy atom. The molecule has 8 nitrogen and oxygen atoms in total. The zero-order valence-electron chi connectivity index (χ0n) is 10.9. The van der Waals surface area contributed by atoms with Crippen LogP contribution in [-0.4, -0.2) is 33.0 Å². The van der Waals surface area contributed by atoms with Crippen LogP contribution >= 0.6 is 0 Å². The number of nitrogens with one attached hydrogen (secondary N) is 3. The highest BCUT2D eigenvalue weighted by Gasteiger charge is 2.46. The predicted molar refractivity (Wildman–Crippen MR) is 68.5 cm³/mol. The summed E-state index contributed by atoms with van der Waals surface area (Å²) < 4.78 is 0. The Morgan fingerprint density at radius 1 is 1.45 bits per heavy atom. The first-order valence-corrected chi connectivity index (χ1v) is 6.21. The smallest absolute Gasteiger partial charge is 0.325 e. The molecule has 1 heterocycles. The van der Waals surface area contributed by atoms with Gasteiger partial charge in [0, 0.05) is 12.2 Å². The lowest BCUT2D eigenvalue weighted by Crippen LogP contribution is -2.48. The number of aliphatic carboxylic acids is 1. The molecule has 108 valence electrons. The molecular weight excluding hydrogens is 266 g/mol. The van der Waals surface area contributed by atoms with Gasteiger partial charge in [-0.15, -0.1) is 0 Å². The van der Waals surface area contributed by atoms with Crippen molar-refractivity contribution >= 4 is 11.9 Å². The van der Waals surface area contributed by atoms with Gasteiger partial charge in [0.2, 0.25) is 0 Å². The maximum Gasteiger partial charge on any atom is 0.325 e. The lowest BCUT2D eigenvalue weighted by atomic mass is 9.85. The SMILES string of the molecule is CC1(C(=O)O)CCCC1NC(=O)c1c[nH]c(=O)[nH]c1=O. The summed E-state index contributed by atoms with van der Waals surface area (Å²) in [6.07, 6.45) is 2.71. The van der Waals surface area contributed by atoms with E-state index in [2.05, 4.69) is 10.3 Å². The van der Waals surface area contributed by atoms with Gasteiger partial charge in [0.05, 0.1) is 5.41 Å². The standard InChI is InChI=1S/C12H15N3O5/c1-12(10(18)19)4-2-3-7(12)14-8(16)6-5-13-11(20)15-9(6)17/h5,7H,2-4H2,1H3,(H,14,16)(H,18,19)(H2,13,15,17,20). The number of H-pyrrole nitrogens is 2. The summed E-state index contributed by atoms with van der Waals surface area (Å²) in [5, 5.41) is 11.8. The minimum atomic E-state index is -1.04. The normalized spacial score (nSPS) is 25.4. The maximum atomic E-state index is 12.0. The fraction of sp³-hybridized carbons (Fsp3) is 0.500. The van der Waals surface area contributed by atoms with Crippen LogP contribution in [0.2, 0.25) is 0 Å². The van der Waals surface area contributed by atoms with E-state index in [1.165, 1.54) is 0 Å². The van der Waals surface area contributed by atoms with Crippen molar-refractivity contribution in [3.8, 4) is 0 Å². The second-order valence-electron chi connectivity index (χ2n) is 5.13. The molecule has 0 spiro atoms. The van der Waals surface area contributed by atoms with Gasteiger partial charge in [-0.3, -0.25) is 19.4 Å². The highest BCUT2D eigenvalue weighted by atomic mass is 16.4. The van der Waals surface area contributed by atoms with Crippen LogP contribution in [0.3, 0.4) is 0 Å². The van der Waals surface area contributed by atoms with E-state index in [4.69, 9.17) is 0 Å². The second kappa shape index (κ2) is 4.95. The van der Waals surface area contributed by atoms with Crippen molar-refractivity contribution in [1.82, 2.24) is 15.3 Å². The molecule has 0 bridgehead atoms. The van der Waals surface area contributed by atoms with E-state index in [1.54, 1.807) is 6.92 Å². The van der Waals surface area contributed by atoms with Crippen LogP contribution in [0.5, 0.6) is 0 Å². The third-order valence-corrected chi connectivity index (χ3v) is 3.82. The largest absolute Gasteiger partial charge is 0.481 e. The van der Waals surface area contributed by atoms with Crippen molar-refractivity contribution in [2.75, 3.05) is 0 Å². The van der Waals surface area contributed by atoms with E-state index in [1.807, 2.05) is 4.98 Å². The molecule has 1 saturated carbocycles. The number of hydrogen-bond acceptors (Lipinski definition) is 4. The fourth-order valence-electron chi connectivity index (χ4n) is 2.47. The number of carboxylic acid groups (broad SMARTS) is 1. The number of carbonyl (C=O) groups is 2. The summed E-state index contributed by atoms with van der Waals surface area (Å²) in [7, 11) is 0. The number of carbonyl (C=O) groups excluding carboxylic acids is 1. The van der Waals surface area contributed by atoms with Gasteiger partial charge >= 0.3 is 11.7 Å². The Morgan fingerprint density at radius 3 is 2.75 bits per heavy atom. The van der Waals surface area contributed by atoms with Gasteiger partial charge in [0.25, 0.3) is 11.5 Å². The topological polar surface area (TPSA) is 132 Å². The molecule has 1 amide bonds. The minimum absolute atomic E-state index is 0.246. The van der Waals surface area contributed by atoms with Crippen LogP contribution < -0.4 is 16.6 Å². The Balaban J connectivity index is 2.22. The van der Waals surface area contributed by atoms with Gasteiger partial charge in [-0.2, -0.15) is 0 Å². The molecule has 1 aliphatic carbocycles. The number of aromatic nitrogens is 2. The summed E-state index contributed by atoms with van der Waals surface area (Å²) in [6.45, 7) is 1.57. The summed E-state index contributed by atoms with van der Waals surface area (Å²) in [5.41, 5.74) is -2.79. The molecule has 0 aliphatic heterocycles. The summed E-state index contributed by atoms with van der Waals surface area (Å²) in [5.74, 6) is -1.67. The monoisotopic (exact) mass is 281 g/mol. The molecule has 4 N–H and O–H groups in total. The molecule has 0 saturated heterocycles. The lowest BCUT2D eigenvalue weighted by Gasteiger charge is -2.27. The minimum Gasteiger partial charge on any atom is -0.481 e. The molecule has 20 heavy (non-hydrogen) atoms. The summed E-state index contributed by atoms with van der Waals surface area (Å²) in [4.78, 5) is 49.8. The molecule has 1 aliphatic rings. The first-order valence-electron chi connectivity index (χ1n) is 6.21. The number of hydrogen-bond donors (Lipinski definition) is 4. The molecule has 8 heteroatoms. The first kappa shape index (κ1) is 14.0. The van der Waals surface area contributed by atoms with Gasteiger partial charge in [-0.25, -0.2) is 4.79 Å². The van der Waals surface area contributed by atoms with Gasteiger partial charge in [0.15, 0.2) is 0 Å². The summed E-state index contributed by atoms with van der Waals surface area (Å²) >= 11 is 0. The van der Waals surface area contributed by atoms with Crippen LogP contribution in [0.1, 0.15) is 36.5 Å². The number of rotatable bonds is 3. The zero-order valence-corrected chi connectivity index (χ0v) is 10.9. The number of carboxylic acids is 1. The Hall–Kier alpha value is -2.38. The van der Waals surface area contributed by atoms with E-state index in [9.17, 15) is 24.3 Å². The van der Waals surface area contributed by atoms with Crippen molar-refractivity contribution < 1.29 is 14.7 Å². The van der Waals surface area contributed by atoms with Crippen LogP contribution in [0, 0.1) is 5.41 Å². The molecular formula is C12H15N3O5. The molecule has 1 aromatic heterocycles. The second-order valence-corrected chi connectivity index (χ2v) is 5.13. The fourth-order valence-corrected chi connectivity index (χ4v) is 2.47. The van der Waals surface area contributed by atoms with Crippen LogP contribution in [-0.2, 0) is 4.79 Å². The number of aromatic amines is 2. The first-order chi connectivity index (χ1) is 9.34. The van der Waals surface area contributed by atoms with E-state index < -0.39 is 34.6 Å². The maximum absolute atomic E-state index is 12.0. The quantitative estimate of drug-likeness (QED) is 0.589. The molecule has 2 unspecified atom stereocenters. The molecule has 0 radical (unpaired) electrons. The number of amides is 1. The average Bonchev–Trinajstić information content (AvgIpc) is 2.72. The molecule has 2 rings (SSSR count). The third kappa shape index (κ3) is 2.36. The van der Waals surface area contributed by atoms with Crippen LogP contribution in [0.15, 0.2) is 15.8 Å². The zero-order chi connectivity index (χ0) is 14.9. The van der Waals surface area contributed by atoms with Crippen molar-refractivity contribution in [3.05, 3.63) is 32.6 Å². The Bertz CT molecular complexity index is 662. The van der Waals surface area contributed by atoms with E-state index in [0.717, 1.165) is 6.20 Å². The third-order valence-electron chi connectivity index (χ3n) is 3.82. The molecule has 1 aromatic rings. The average molecular weight is 281 g/mol. The van der Waals surface area contributed by atoms with Gasteiger partial charge < -0.3 is 15.4 Å². The van der Waals surface area contributed by atoms with Gasteiger partial charge in [-0.1, -0.05) is 6.42 Å². The highest BCUT2D eigenvalue weighted by Crippen LogP contribution is 2.38. The molecule has 2 atom stereocenters. The van der Waals surface area contributed by atoms with Crippen molar-refractivity contribution in [1.29, 1.82) is 0 Å². The van der Waals surface area contributed by atoms with Crippen molar-refractivity contribution in [2.24, 2.45) is 5.41 Å². The van der Waals surface area contributed by atoms with Crippen LogP contribution in [0.25, 0.3) is 0 Å². The van der Waals surface area contributed by atoms with E-state index in [0.29, 0.717) is 19.3 Å². The van der Waals surface area contributed by atoms with Crippen molar-refractivity contribution in [2.45, 2.75) is 32.2 Å². The summed E-state index contributed by atoms with van der Waals surface area (Å²) in [6, 6.07) is -0.543. The Kier molecular flexibility index (Phi) is 3.47. The predicted octanol–water partition coefficient (Wildman–Crippen LogP) is -0.564. The molecule has 1 fully saturated rings. The van der Waals surface area contributed by atoms with Crippen molar-refractivity contribution in [3.63, 3.8) is 0 Å².